The topological polar surface area (TPSA) is 6.48 Å². The zero-order chi connectivity index (χ0) is 11.4. The van der Waals surface area contributed by atoms with E-state index in [1.165, 1.54) is 64.7 Å². The van der Waals surface area contributed by atoms with Crippen LogP contribution in [0.25, 0.3) is 0 Å². The molecule has 0 aromatic carbocycles. The molecule has 0 N–H and O–H groups in total. The van der Waals surface area contributed by atoms with E-state index >= 15 is 0 Å². The lowest BCUT2D eigenvalue weighted by molar-refractivity contribution is 0.173. The molecule has 2 fully saturated rings. The summed E-state index contributed by atoms with van der Waals surface area (Å²) in [7, 11) is 2.25. The standard InChI is InChI=1S/C13H25ClN2/c1-15(10-11-16-8-4-5-9-16)13-7-3-2-6-12(13)14/h12-13H,2-11H2,1H3. The largest absolute Gasteiger partial charge is 0.302 e. The number of alkyl halides is 1. The van der Waals surface area contributed by atoms with Gasteiger partial charge in [0.05, 0.1) is 0 Å². The van der Waals surface area contributed by atoms with Crippen molar-refractivity contribution in [2.24, 2.45) is 0 Å². The molecule has 0 amide bonds. The van der Waals surface area contributed by atoms with Gasteiger partial charge in [0, 0.05) is 24.5 Å². The normalized spacial score (nSPS) is 32.4. The zero-order valence-corrected chi connectivity index (χ0v) is 11.3. The molecule has 2 aliphatic rings. The van der Waals surface area contributed by atoms with Gasteiger partial charge in [0.25, 0.3) is 0 Å². The van der Waals surface area contributed by atoms with Crippen molar-refractivity contribution in [3.8, 4) is 0 Å². The van der Waals surface area contributed by atoms with Crippen LogP contribution in [0.2, 0.25) is 0 Å². The fourth-order valence-electron chi connectivity index (χ4n) is 3.03. The van der Waals surface area contributed by atoms with Crippen molar-refractivity contribution in [1.82, 2.24) is 9.80 Å². The maximum atomic E-state index is 6.42. The highest BCUT2D eigenvalue weighted by atomic mass is 35.5. The fourth-order valence-corrected chi connectivity index (χ4v) is 3.51. The van der Waals surface area contributed by atoms with Crippen molar-refractivity contribution < 1.29 is 0 Å². The van der Waals surface area contributed by atoms with Crippen molar-refractivity contribution >= 4 is 11.6 Å². The van der Waals surface area contributed by atoms with Gasteiger partial charge >= 0.3 is 0 Å². The smallest absolute Gasteiger partial charge is 0.0491 e. The first kappa shape index (κ1) is 12.7. The Balaban J connectivity index is 1.71. The highest BCUT2D eigenvalue weighted by Gasteiger charge is 2.26. The Bertz CT molecular complexity index is 204. The Morgan fingerprint density at radius 2 is 1.81 bits per heavy atom. The molecule has 1 aliphatic heterocycles. The molecule has 2 rings (SSSR count). The van der Waals surface area contributed by atoms with Gasteiger partial charge < -0.3 is 9.80 Å². The molecule has 1 saturated heterocycles. The lowest BCUT2D eigenvalue weighted by Crippen LogP contribution is -2.44. The molecule has 0 spiro atoms. The van der Waals surface area contributed by atoms with Gasteiger partial charge in [-0.15, -0.1) is 11.6 Å². The summed E-state index contributed by atoms with van der Waals surface area (Å²) in [5, 5.41) is 0.386. The molecule has 1 heterocycles. The van der Waals surface area contributed by atoms with Crippen LogP contribution < -0.4 is 0 Å². The minimum atomic E-state index is 0.386. The number of hydrogen-bond acceptors (Lipinski definition) is 2. The number of halogens is 1. The number of nitrogens with zero attached hydrogens (tertiary/aromatic N) is 2. The molecule has 0 bridgehead atoms. The van der Waals surface area contributed by atoms with Crippen LogP contribution in [0.15, 0.2) is 0 Å². The van der Waals surface area contributed by atoms with E-state index in [4.69, 9.17) is 11.6 Å². The average molecular weight is 245 g/mol. The minimum Gasteiger partial charge on any atom is -0.302 e. The van der Waals surface area contributed by atoms with Gasteiger partial charge in [0.1, 0.15) is 0 Å². The van der Waals surface area contributed by atoms with Crippen LogP contribution in [0, 0.1) is 0 Å². The second-order valence-corrected chi connectivity index (χ2v) is 5.96. The van der Waals surface area contributed by atoms with Gasteiger partial charge in [-0.25, -0.2) is 0 Å². The summed E-state index contributed by atoms with van der Waals surface area (Å²) in [5.41, 5.74) is 0. The highest BCUT2D eigenvalue weighted by molar-refractivity contribution is 6.21. The van der Waals surface area contributed by atoms with E-state index < -0.39 is 0 Å². The Hall–Kier alpha value is 0.210. The van der Waals surface area contributed by atoms with Crippen molar-refractivity contribution in [3.05, 3.63) is 0 Å². The third-order valence-electron chi connectivity index (χ3n) is 4.18. The predicted octanol–water partition coefficient (Wildman–Crippen LogP) is 2.56. The first-order valence-corrected chi connectivity index (χ1v) is 7.27. The van der Waals surface area contributed by atoms with Gasteiger partial charge in [-0.05, 0) is 45.8 Å². The molecule has 94 valence electrons. The van der Waals surface area contributed by atoms with E-state index in [0.29, 0.717) is 11.4 Å². The Labute approximate surface area is 105 Å². The van der Waals surface area contributed by atoms with Gasteiger partial charge in [-0.2, -0.15) is 0 Å². The maximum absolute atomic E-state index is 6.42. The second-order valence-electron chi connectivity index (χ2n) is 5.40. The first-order valence-electron chi connectivity index (χ1n) is 6.84. The lowest BCUT2D eigenvalue weighted by atomic mass is 9.94. The monoisotopic (exact) mass is 244 g/mol. The zero-order valence-electron chi connectivity index (χ0n) is 10.5. The molecule has 1 saturated carbocycles. The molecule has 0 radical (unpaired) electrons. The van der Waals surface area contributed by atoms with Crippen molar-refractivity contribution in [2.45, 2.75) is 49.9 Å². The second kappa shape index (κ2) is 6.23. The van der Waals surface area contributed by atoms with Crippen LogP contribution in [-0.4, -0.2) is 54.4 Å². The molecule has 0 aromatic heterocycles. The van der Waals surface area contributed by atoms with Gasteiger partial charge in [0.15, 0.2) is 0 Å². The van der Waals surface area contributed by atoms with Crippen molar-refractivity contribution in [1.29, 1.82) is 0 Å². The van der Waals surface area contributed by atoms with Crippen LogP contribution in [0.1, 0.15) is 38.5 Å². The first-order chi connectivity index (χ1) is 7.77. The van der Waals surface area contributed by atoms with E-state index in [2.05, 4.69) is 16.8 Å². The minimum absolute atomic E-state index is 0.386. The van der Waals surface area contributed by atoms with E-state index in [1.807, 2.05) is 0 Å². The van der Waals surface area contributed by atoms with Gasteiger partial charge in [-0.3, -0.25) is 0 Å². The third kappa shape index (κ3) is 3.35. The number of hydrogen-bond donors (Lipinski definition) is 0. The molecule has 2 atom stereocenters. The molecule has 0 aromatic rings. The SMILES string of the molecule is CN(CCN1CCCC1)C1CCCCC1Cl. The summed E-state index contributed by atoms with van der Waals surface area (Å²) >= 11 is 6.42. The van der Waals surface area contributed by atoms with E-state index in [1.54, 1.807) is 0 Å². The van der Waals surface area contributed by atoms with Crippen LogP contribution in [0.3, 0.4) is 0 Å². The number of rotatable bonds is 4. The van der Waals surface area contributed by atoms with E-state index in [0.717, 1.165) is 0 Å². The highest BCUT2D eigenvalue weighted by Crippen LogP contribution is 2.26. The Kier molecular flexibility index (Phi) is 4.93. The van der Waals surface area contributed by atoms with Crippen LogP contribution in [-0.2, 0) is 0 Å². The summed E-state index contributed by atoms with van der Waals surface area (Å²) in [5.74, 6) is 0. The Morgan fingerprint density at radius 1 is 1.12 bits per heavy atom. The van der Waals surface area contributed by atoms with Gasteiger partial charge in [0.2, 0.25) is 0 Å². The van der Waals surface area contributed by atoms with Crippen LogP contribution >= 0.6 is 11.6 Å². The molecule has 3 heteroatoms. The Morgan fingerprint density at radius 3 is 2.50 bits per heavy atom. The van der Waals surface area contributed by atoms with Crippen LogP contribution in [0.5, 0.6) is 0 Å². The van der Waals surface area contributed by atoms with Gasteiger partial charge in [-0.1, -0.05) is 12.8 Å². The van der Waals surface area contributed by atoms with Crippen molar-refractivity contribution in [2.75, 3.05) is 33.2 Å². The lowest BCUT2D eigenvalue weighted by Gasteiger charge is -2.35. The molecule has 2 unspecified atom stereocenters. The molecule has 16 heavy (non-hydrogen) atoms. The summed E-state index contributed by atoms with van der Waals surface area (Å²) in [6.07, 6.45) is 7.98. The van der Waals surface area contributed by atoms with E-state index in [9.17, 15) is 0 Å². The molecular formula is C13H25ClN2. The van der Waals surface area contributed by atoms with Crippen molar-refractivity contribution in [3.63, 3.8) is 0 Å². The fraction of sp³-hybridized carbons (Fsp3) is 1.00. The summed E-state index contributed by atoms with van der Waals surface area (Å²) in [6, 6.07) is 0.623. The number of likely N-dealkylation sites (tertiary alicyclic amines) is 1. The molecular weight excluding hydrogens is 220 g/mol. The molecule has 2 nitrogen and oxygen atoms in total. The predicted molar refractivity (Wildman–Crippen MR) is 70.2 cm³/mol. The molecule has 1 aliphatic carbocycles. The summed E-state index contributed by atoms with van der Waals surface area (Å²) in [6.45, 7) is 5.04. The maximum Gasteiger partial charge on any atom is 0.0491 e. The summed E-state index contributed by atoms with van der Waals surface area (Å²) < 4.78 is 0. The van der Waals surface area contributed by atoms with Crippen LogP contribution in [0.4, 0.5) is 0 Å². The quantitative estimate of drug-likeness (QED) is 0.702. The van der Waals surface area contributed by atoms with E-state index in [-0.39, 0.29) is 0 Å². The number of likely N-dealkylation sites (N-methyl/N-ethyl adjacent to an activating group) is 1. The average Bonchev–Trinajstić information content (AvgIpc) is 2.79. The summed E-state index contributed by atoms with van der Waals surface area (Å²) in [4.78, 5) is 5.08. The third-order valence-corrected chi connectivity index (χ3v) is 4.69.